The van der Waals surface area contributed by atoms with Crippen LogP contribution in [0.2, 0.25) is 0 Å². The third-order valence-corrected chi connectivity index (χ3v) is 6.32. The number of hydrogen-bond acceptors (Lipinski definition) is 6. The molecule has 0 fully saturated rings. The predicted octanol–water partition coefficient (Wildman–Crippen LogP) is 5.24. The second-order valence-corrected chi connectivity index (χ2v) is 8.64. The van der Waals surface area contributed by atoms with Crippen molar-refractivity contribution in [3.63, 3.8) is 0 Å². The van der Waals surface area contributed by atoms with Gasteiger partial charge in [-0.25, -0.2) is 0 Å². The lowest BCUT2D eigenvalue weighted by atomic mass is 10.0. The van der Waals surface area contributed by atoms with E-state index in [1.165, 1.54) is 22.5 Å². The lowest BCUT2D eigenvalue weighted by Crippen LogP contribution is -2.27. The van der Waals surface area contributed by atoms with Crippen molar-refractivity contribution in [3.8, 4) is 22.6 Å². The molecule has 0 radical (unpaired) electrons. The van der Waals surface area contributed by atoms with Gasteiger partial charge in [0.1, 0.15) is 5.69 Å². The van der Waals surface area contributed by atoms with E-state index < -0.39 is 0 Å². The molecule has 0 aliphatic carbocycles. The van der Waals surface area contributed by atoms with Crippen LogP contribution >= 0.6 is 0 Å². The van der Waals surface area contributed by atoms with Crippen molar-refractivity contribution in [2.45, 2.75) is 39.8 Å². The number of pyridine rings is 1. The van der Waals surface area contributed by atoms with Crippen LogP contribution in [0.3, 0.4) is 0 Å². The minimum absolute atomic E-state index is 0.500. The van der Waals surface area contributed by atoms with E-state index in [1.807, 2.05) is 12.1 Å². The lowest BCUT2D eigenvalue weighted by molar-refractivity contribution is 0.233. The second kappa shape index (κ2) is 9.87. The van der Waals surface area contributed by atoms with Gasteiger partial charge in [0, 0.05) is 36.2 Å². The first-order chi connectivity index (χ1) is 16.7. The average Bonchev–Trinajstić information content (AvgIpc) is 3.51. The number of tetrazole rings is 1. The molecule has 0 amide bonds. The molecule has 0 atom stereocenters. The molecule has 7 heteroatoms. The van der Waals surface area contributed by atoms with Crippen LogP contribution in [0.5, 0.6) is 0 Å². The van der Waals surface area contributed by atoms with Crippen molar-refractivity contribution in [3.05, 3.63) is 95.4 Å². The molecule has 0 saturated heterocycles. The predicted molar refractivity (Wildman–Crippen MR) is 133 cm³/mol. The molecule has 0 saturated carbocycles. The molecule has 2 aromatic carbocycles. The molecule has 34 heavy (non-hydrogen) atoms. The molecule has 5 rings (SSSR count). The maximum atomic E-state index is 4.48. The van der Waals surface area contributed by atoms with E-state index in [4.69, 9.17) is 0 Å². The fraction of sp³-hybridized carbons (Fsp3) is 0.259. The summed E-state index contributed by atoms with van der Waals surface area (Å²) < 4.78 is 0. The first-order valence-corrected chi connectivity index (χ1v) is 11.7. The normalized spacial score (nSPS) is 13.7. The zero-order valence-electron chi connectivity index (χ0n) is 19.6. The minimum Gasteiger partial charge on any atom is -0.352 e. The van der Waals surface area contributed by atoms with Crippen LogP contribution in [0.15, 0.2) is 84.3 Å². The van der Waals surface area contributed by atoms with Crippen LogP contribution in [0.4, 0.5) is 0 Å². The molecule has 0 spiro atoms. The highest BCUT2D eigenvalue weighted by molar-refractivity contribution is 5.77. The van der Waals surface area contributed by atoms with Gasteiger partial charge in [0.25, 0.3) is 0 Å². The number of benzene rings is 2. The van der Waals surface area contributed by atoms with E-state index in [0.717, 1.165) is 49.4 Å². The van der Waals surface area contributed by atoms with Crippen molar-refractivity contribution in [1.29, 1.82) is 0 Å². The fourth-order valence-electron chi connectivity index (χ4n) is 4.59. The van der Waals surface area contributed by atoms with Gasteiger partial charge in [-0.3, -0.25) is 4.98 Å². The Morgan fingerprint density at radius 2 is 1.65 bits per heavy atom. The van der Waals surface area contributed by atoms with Crippen LogP contribution in [0, 0.1) is 0 Å². The van der Waals surface area contributed by atoms with Gasteiger partial charge in [-0.2, -0.15) is 5.21 Å². The van der Waals surface area contributed by atoms with Crippen molar-refractivity contribution in [1.82, 2.24) is 35.4 Å². The molecule has 4 aromatic rings. The van der Waals surface area contributed by atoms with E-state index in [0.29, 0.717) is 5.82 Å². The Kier molecular flexibility index (Phi) is 6.33. The fourth-order valence-corrected chi connectivity index (χ4v) is 4.59. The van der Waals surface area contributed by atoms with E-state index in [2.05, 4.69) is 104 Å². The number of H-pyrrole nitrogens is 1. The molecule has 7 nitrogen and oxygen atoms in total. The van der Waals surface area contributed by atoms with Gasteiger partial charge in [0.05, 0.1) is 6.67 Å². The SMILES string of the molecule is CCCC1=C(C)N(Cc2ccccc2)CN1Cc1ccc(-c2cccnc2-c2nn[nH]n2)cc1. The number of hydrogen-bond donors (Lipinski definition) is 1. The molecule has 2 aromatic heterocycles. The van der Waals surface area contributed by atoms with Crippen LogP contribution in [0.25, 0.3) is 22.6 Å². The molecular weight excluding hydrogens is 422 g/mol. The average molecular weight is 452 g/mol. The summed E-state index contributed by atoms with van der Waals surface area (Å²) in [6.07, 6.45) is 3.99. The summed E-state index contributed by atoms with van der Waals surface area (Å²) in [5, 5.41) is 14.4. The van der Waals surface area contributed by atoms with Crippen LogP contribution in [-0.4, -0.2) is 42.1 Å². The summed E-state index contributed by atoms with van der Waals surface area (Å²) in [7, 11) is 0. The monoisotopic (exact) mass is 451 g/mol. The first kappa shape index (κ1) is 21.8. The number of allylic oxidation sites excluding steroid dienone is 2. The zero-order valence-corrected chi connectivity index (χ0v) is 19.6. The molecule has 1 aliphatic rings. The van der Waals surface area contributed by atoms with Crippen LogP contribution in [-0.2, 0) is 13.1 Å². The van der Waals surface area contributed by atoms with Crippen molar-refractivity contribution in [2.24, 2.45) is 0 Å². The molecule has 0 unspecified atom stereocenters. The van der Waals surface area contributed by atoms with Crippen LogP contribution < -0.4 is 0 Å². The molecule has 3 heterocycles. The minimum atomic E-state index is 0.500. The topological polar surface area (TPSA) is 73.8 Å². The quantitative estimate of drug-likeness (QED) is 0.395. The molecule has 172 valence electrons. The maximum absolute atomic E-state index is 4.48. The van der Waals surface area contributed by atoms with Crippen molar-refractivity contribution < 1.29 is 0 Å². The Morgan fingerprint density at radius 3 is 2.38 bits per heavy atom. The number of aromatic nitrogens is 5. The van der Waals surface area contributed by atoms with E-state index in [9.17, 15) is 0 Å². The highest BCUT2D eigenvalue weighted by atomic mass is 15.5. The van der Waals surface area contributed by atoms with Gasteiger partial charge >= 0.3 is 0 Å². The number of nitrogens with one attached hydrogen (secondary N) is 1. The van der Waals surface area contributed by atoms with Gasteiger partial charge in [-0.1, -0.05) is 74.0 Å². The van der Waals surface area contributed by atoms with Gasteiger partial charge in [-0.15, -0.1) is 10.2 Å². The molecule has 1 aliphatic heterocycles. The number of aromatic amines is 1. The number of rotatable bonds is 8. The van der Waals surface area contributed by atoms with Gasteiger partial charge in [0.15, 0.2) is 0 Å². The third kappa shape index (κ3) is 4.55. The Labute approximate surface area is 200 Å². The standard InChI is InChI=1S/C27H29N7/c1-3-8-25-20(2)33(17-21-9-5-4-6-10-21)19-34(25)18-22-12-14-23(15-13-22)24-11-7-16-28-26(24)27-29-31-32-30-27/h4-7,9-16H,3,8,17-19H2,1-2H3,(H,29,30,31,32). The summed E-state index contributed by atoms with van der Waals surface area (Å²) in [4.78, 5) is 9.49. The highest BCUT2D eigenvalue weighted by Crippen LogP contribution is 2.31. The van der Waals surface area contributed by atoms with Crippen molar-refractivity contribution >= 4 is 0 Å². The summed E-state index contributed by atoms with van der Waals surface area (Å²) in [6, 6.07) is 23.4. The van der Waals surface area contributed by atoms with E-state index in [-0.39, 0.29) is 0 Å². The van der Waals surface area contributed by atoms with Gasteiger partial charge in [-0.05, 0) is 41.3 Å². The van der Waals surface area contributed by atoms with E-state index >= 15 is 0 Å². The Balaban J connectivity index is 1.34. The molecular formula is C27H29N7. The summed E-state index contributed by atoms with van der Waals surface area (Å²) >= 11 is 0. The summed E-state index contributed by atoms with van der Waals surface area (Å²) in [6.45, 7) is 7.27. The highest BCUT2D eigenvalue weighted by Gasteiger charge is 2.25. The van der Waals surface area contributed by atoms with Gasteiger partial charge < -0.3 is 9.80 Å². The summed E-state index contributed by atoms with van der Waals surface area (Å²) in [5.41, 5.74) is 8.28. The largest absolute Gasteiger partial charge is 0.352 e. The Bertz CT molecular complexity index is 1250. The third-order valence-electron chi connectivity index (χ3n) is 6.32. The van der Waals surface area contributed by atoms with Crippen molar-refractivity contribution in [2.75, 3.05) is 6.67 Å². The first-order valence-electron chi connectivity index (χ1n) is 11.7. The molecule has 1 N–H and O–H groups in total. The number of nitrogens with zero attached hydrogens (tertiary/aromatic N) is 6. The molecule has 0 bridgehead atoms. The summed E-state index contributed by atoms with van der Waals surface area (Å²) in [5.74, 6) is 0.500. The van der Waals surface area contributed by atoms with Gasteiger partial charge in [0.2, 0.25) is 5.82 Å². The van der Waals surface area contributed by atoms with E-state index in [1.54, 1.807) is 6.20 Å². The Hall–Kier alpha value is -4.00. The second-order valence-electron chi connectivity index (χ2n) is 8.64. The lowest BCUT2D eigenvalue weighted by Gasteiger charge is -2.24. The Morgan fingerprint density at radius 1 is 0.882 bits per heavy atom. The maximum Gasteiger partial charge on any atom is 0.223 e. The van der Waals surface area contributed by atoms with Crippen LogP contribution in [0.1, 0.15) is 37.8 Å². The smallest absolute Gasteiger partial charge is 0.223 e. The zero-order chi connectivity index (χ0) is 23.3.